The van der Waals surface area contributed by atoms with Gasteiger partial charge in [0.15, 0.2) is 0 Å². The molecule has 0 spiro atoms. The Morgan fingerprint density at radius 1 is 1.60 bits per heavy atom. The second-order valence-electron chi connectivity index (χ2n) is 2.99. The third-order valence-electron chi connectivity index (χ3n) is 2.05. The highest BCUT2D eigenvalue weighted by Crippen LogP contribution is 2.24. The number of hydrogen-bond acceptors (Lipinski definition) is 3. The summed E-state index contributed by atoms with van der Waals surface area (Å²) in [5.41, 5.74) is 0.543. The van der Waals surface area contributed by atoms with E-state index in [-0.39, 0.29) is 17.2 Å². The highest BCUT2D eigenvalue weighted by Gasteiger charge is 2.15. The Bertz CT molecular complexity index is 446. The smallest absolute Gasteiger partial charge is 0.258 e. The van der Waals surface area contributed by atoms with Crippen LogP contribution in [0.1, 0.15) is 17.0 Å². The minimum absolute atomic E-state index is 0.0556. The van der Waals surface area contributed by atoms with Crippen molar-refractivity contribution in [1.82, 2.24) is 0 Å². The van der Waals surface area contributed by atoms with E-state index in [0.717, 1.165) is 0 Å². The lowest BCUT2D eigenvalue weighted by Crippen LogP contribution is -1.96. The summed E-state index contributed by atoms with van der Waals surface area (Å²) in [6.45, 7) is 7.32. The van der Waals surface area contributed by atoms with Crippen molar-refractivity contribution >= 4 is 5.69 Å². The average molecular weight is 201 g/mol. The van der Waals surface area contributed by atoms with Gasteiger partial charge in [0.05, 0.1) is 4.92 Å². The molecule has 0 heterocycles. The van der Waals surface area contributed by atoms with Crippen molar-refractivity contribution in [2.24, 2.45) is 0 Å². The van der Waals surface area contributed by atoms with Gasteiger partial charge in [-0.25, -0.2) is 0 Å². The third-order valence-corrected chi connectivity index (χ3v) is 2.05. The number of nitro benzene ring substituents is 1. The number of rotatable bonds is 3. The Labute approximate surface area is 87.6 Å². The van der Waals surface area contributed by atoms with Crippen LogP contribution in [-0.2, 0) is 0 Å². The molecule has 4 heteroatoms. The van der Waals surface area contributed by atoms with E-state index in [9.17, 15) is 10.1 Å². The summed E-state index contributed by atoms with van der Waals surface area (Å²) in [4.78, 5) is 10.1. The fourth-order valence-corrected chi connectivity index (χ4v) is 1.16. The Hall–Kier alpha value is -2.15. The van der Waals surface area contributed by atoms with Crippen LogP contribution in [0, 0.1) is 28.4 Å². The Morgan fingerprint density at radius 3 is 2.73 bits per heavy atom. The lowest BCUT2D eigenvalue weighted by molar-refractivity contribution is -0.385. The fourth-order valence-electron chi connectivity index (χ4n) is 1.16. The van der Waals surface area contributed by atoms with Crippen LogP contribution < -0.4 is 0 Å². The molecule has 0 bridgehead atoms. The number of hydrogen-bond donors (Lipinski definition) is 0. The van der Waals surface area contributed by atoms with Crippen LogP contribution in [0.5, 0.6) is 0 Å². The van der Waals surface area contributed by atoms with E-state index >= 15 is 0 Å². The summed E-state index contributed by atoms with van der Waals surface area (Å²) >= 11 is 0. The second kappa shape index (κ2) is 4.38. The van der Waals surface area contributed by atoms with Gasteiger partial charge in [0.1, 0.15) is 11.6 Å². The van der Waals surface area contributed by atoms with Crippen LogP contribution in [0.15, 0.2) is 30.9 Å². The molecule has 15 heavy (non-hydrogen) atoms. The van der Waals surface area contributed by atoms with Crippen molar-refractivity contribution in [2.45, 2.75) is 5.92 Å². The van der Waals surface area contributed by atoms with Crippen LogP contribution in [0.25, 0.3) is 0 Å². The maximum absolute atomic E-state index is 10.7. The summed E-state index contributed by atoms with van der Waals surface area (Å²) in [6, 6.07) is 6.20. The molecule has 0 fully saturated rings. The predicted octanol–water partition coefficient (Wildman–Crippen LogP) is 2.57. The van der Waals surface area contributed by atoms with E-state index in [2.05, 4.69) is 13.5 Å². The number of benzene rings is 1. The van der Waals surface area contributed by atoms with Gasteiger partial charge >= 0.3 is 0 Å². The van der Waals surface area contributed by atoms with Crippen LogP contribution in [0.4, 0.5) is 5.69 Å². The first-order valence-corrected chi connectivity index (χ1v) is 4.24. The van der Waals surface area contributed by atoms with Crippen molar-refractivity contribution in [1.29, 1.82) is 5.26 Å². The van der Waals surface area contributed by atoms with E-state index < -0.39 is 4.92 Å². The van der Waals surface area contributed by atoms with Crippen LogP contribution in [0.3, 0.4) is 0 Å². The molecule has 1 rings (SSSR count). The summed E-state index contributed by atoms with van der Waals surface area (Å²) < 4.78 is 0. The summed E-state index contributed by atoms with van der Waals surface area (Å²) in [6.07, 6.45) is 1.59. The van der Waals surface area contributed by atoms with Gasteiger partial charge in [0.25, 0.3) is 5.69 Å². The van der Waals surface area contributed by atoms with Crippen molar-refractivity contribution in [3.63, 3.8) is 0 Å². The molecule has 75 valence electrons. The van der Waals surface area contributed by atoms with Crippen LogP contribution in [0.2, 0.25) is 0 Å². The molecule has 0 amide bonds. The molecular weight excluding hydrogens is 192 g/mol. The molecule has 4 nitrogen and oxygen atoms in total. The molecule has 1 aromatic rings. The average Bonchev–Trinajstić information content (AvgIpc) is 2.27. The number of nitrogens with zero attached hydrogens (tertiary/aromatic N) is 2. The van der Waals surface area contributed by atoms with Crippen molar-refractivity contribution < 1.29 is 4.92 Å². The molecule has 1 radical (unpaired) electrons. The Morgan fingerprint density at radius 2 is 2.27 bits per heavy atom. The van der Waals surface area contributed by atoms with E-state index in [1.807, 2.05) is 0 Å². The maximum Gasteiger partial charge on any atom is 0.287 e. The lowest BCUT2D eigenvalue weighted by atomic mass is 9.99. The quantitative estimate of drug-likeness (QED) is 0.428. The topological polar surface area (TPSA) is 66.9 Å². The largest absolute Gasteiger partial charge is 0.287 e. The molecule has 1 unspecified atom stereocenters. The van der Waals surface area contributed by atoms with Gasteiger partial charge in [-0.15, -0.1) is 6.58 Å². The zero-order valence-electron chi connectivity index (χ0n) is 8.01. The minimum atomic E-state index is -0.572. The van der Waals surface area contributed by atoms with Gasteiger partial charge < -0.3 is 0 Å². The molecular formula is C11H9N2O2. The van der Waals surface area contributed by atoms with Gasteiger partial charge in [-0.2, -0.15) is 5.26 Å². The van der Waals surface area contributed by atoms with Gasteiger partial charge in [0.2, 0.25) is 0 Å². The first-order valence-electron chi connectivity index (χ1n) is 4.24. The molecule has 1 atom stereocenters. The SMILES string of the molecule is [CH2]C(C=C)c1ccc(C#N)c([N+](=O)[O-])c1. The summed E-state index contributed by atoms with van der Waals surface area (Å²) in [5, 5.41) is 19.3. The van der Waals surface area contributed by atoms with Gasteiger partial charge in [0, 0.05) is 12.0 Å². The second-order valence-corrected chi connectivity index (χ2v) is 2.99. The maximum atomic E-state index is 10.7. The van der Waals surface area contributed by atoms with Gasteiger partial charge in [-0.3, -0.25) is 10.1 Å². The molecule has 0 aliphatic heterocycles. The minimum Gasteiger partial charge on any atom is -0.258 e. The highest BCUT2D eigenvalue weighted by atomic mass is 16.6. The Kier molecular flexibility index (Phi) is 3.19. The lowest BCUT2D eigenvalue weighted by Gasteiger charge is -2.05. The van der Waals surface area contributed by atoms with Crippen LogP contribution in [-0.4, -0.2) is 4.92 Å². The highest BCUT2D eigenvalue weighted by molar-refractivity contribution is 5.51. The van der Waals surface area contributed by atoms with E-state index in [1.54, 1.807) is 18.2 Å². The van der Waals surface area contributed by atoms with Crippen molar-refractivity contribution in [3.8, 4) is 6.07 Å². The van der Waals surface area contributed by atoms with Gasteiger partial charge in [-0.05, 0) is 18.6 Å². The molecule has 0 N–H and O–H groups in total. The first kappa shape index (κ1) is 10.9. The molecule has 1 aromatic carbocycles. The summed E-state index contributed by atoms with van der Waals surface area (Å²) in [7, 11) is 0. The zero-order chi connectivity index (χ0) is 11.4. The predicted molar refractivity (Wildman–Crippen MR) is 56.1 cm³/mol. The molecule has 0 aliphatic carbocycles. The fraction of sp³-hybridized carbons (Fsp3) is 0.0909. The van der Waals surface area contributed by atoms with E-state index in [4.69, 9.17) is 5.26 Å². The monoisotopic (exact) mass is 201 g/mol. The van der Waals surface area contributed by atoms with Crippen molar-refractivity contribution in [3.05, 3.63) is 59.0 Å². The molecule has 0 aromatic heterocycles. The molecule has 0 aliphatic rings. The normalized spacial score (nSPS) is 11.5. The summed E-state index contributed by atoms with van der Waals surface area (Å²) in [5.74, 6) is -0.212. The Balaban J connectivity index is 3.29. The van der Waals surface area contributed by atoms with Gasteiger partial charge in [-0.1, -0.05) is 12.1 Å². The molecule has 0 saturated heterocycles. The van der Waals surface area contributed by atoms with E-state index in [0.29, 0.717) is 5.56 Å². The zero-order valence-corrected chi connectivity index (χ0v) is 8.01. The third kappa shape index (κ3) is 2.20. The van der Waals surface area contributed by atoms with E-state index in [1.165, 1.54) is 12.1 Å². The number of allylic oxidation sites excluding steroid dienone is 1. The standard InChI is InChI=1S/C11H9N2O2/c1-3-8(2)9-4-5-10(7-12)11(6-9)13(14)15/h3-6,8H,1-2H2. The number of nitro groups is 1. The first-order chi connectivity index (χ1) is 7.10. The van der Waals surface area contributed by atoms with Crippen molar-refractivity contribution in [2.75, 3.05) is 0 Å². The molecule has 0 saturated carbocycles. The van der Waals surface area contributed by atoms with Crippen LogP contribution >= 0.6 is 0 Å². The number of nitriles is 1.